The molecule has 0 saturated carbocycles. The van der Waals surface area contributed by atoms with Crippen LogP contribution < -0.4 is 0 Å². The van der Waals surface area contributed by atoms with Crippen molar-refractivity contribution in [2.24, 2.45) is 5.41 Å². The number of nitrogens with zero attached hydrogens (tertiary/aromatic N) is 4. The Balaban J connectivity index is 1.63. The van der Waals surface area contributed by atoms with Crippen LogP contribution in [0.4, 0.5) is 5.69 Å². The molecular formula is C35H46N4O9. The van der Waals surface area contributed by atoms with Crippen LogP contribution in [0.25, 0.3) is 0 Å². The fourth-order valence-electron chi connectivity index (χ4n) is 6.11. The average molecular weight is 667 g/mol. The minimum atomic E-state index is -0.917. The van der Waals surface area contributed by atoms with Crippen molar-refractivity contribution >= 4 is 29.5 Å². The van der Waals surface area contributed by atoms with Crippen molar-refractivity contribution < 1.29 is 38.3 Å². The van der Waals surface area contributed by atoms with Crippen molar-refractivity contribution in [3.63, 3.8) is 0 Å². The number of ether oxygens (including phenoxy) is 3. The summed E-state index contributed by atoms with van der Waals surface area (Å²) in [6.45, 7) is 7.81. The quantitative estimate of drug-likeness (QED) is 0.129. The number of hydrogen-bond acceptors (Lipinski definition) is 11. The lowest BCUT2D eigenvalue weighted by molar-refractivity contribution is -0.384. The number of carbonyl (C=O) groups excluding carboxylic acids is 4. The van der Waals surface area contributed by atoms with E-state index in [1.54, 1.807) is 39.8 Å². The molecule has 48 heavy (non-hydrogen) atoms. The Labute approximate surface area is 281 Å². The Hall–Kier alpha value is -4.36. The fraction of sp³-hybridized carbons (Fsp3) is 0.543. The second-order valence-electron chi connectivity index (χ2n) is 13.1. The molecule has 2 aromatic carbocycles. The zero-order chi connectivity index (χ0) is 34.8. The number of aryl methyl sites for hydroxylation is 1. The van der Waals surface area contributed by atoms with E-state index in [1.807, 2.05) is 40.2 Å². The molecule has 13 heteroatoms. The van der Waals surface area contributed by atoms with Crippen molar-refractivity contribution in [1.29, 1.82) is 0 Å². The zero-order valence-electron chi connectivity index (χ0n) is 28.2. The zero-order valence-corrected chi connectivity index (χ0v) is 28.2. The van der Waals surface area contributed by atoms with E-state index in [0.717, 1.165) is 11.1 Å². The fourth-order valence-corrected chi connectivity index (χ4v) is 6.11. The molecule has 2 aliphatic rings. The van der Waals surface area contributed by atoms with Crippen LogP contribution in [0.15, 0.2) is 54.6 Å². The van der Waals surface area contributed by atoms with E-state index in [1.165, 1.54) is 17.1 Å². The molecule has 0 radical (unpaired) electrons. The summed E-state index contributed by atoms with van der Waals surface area (Å²) >= 11 is 0. The Morgan fingerprint density at radius 2 is 1.62 bits per heavy atom. The van der Waals surface area contributed by atoms with Gasteiger partial charge in [0.15, 0.2) is 0 Å². The number of carbonyl (C=O) groups is 4. The van der Waals surface area contributed by atoms with Gasteiger partial charge in [0.05, 0.1) is 23.0 Å². The SMILES string of the molecule is CCOC(=O)[C@H](CCc1ccc([N+](=O)[O-])cc1)N(Cc1ccccc1)[C@H]1CCCN2CCC[C@@H](C(=O)OCOC(=O)C(C)(C)C)N2C1=O. The van der Waals surface area contributed by atoms with Gasteiger partial charge in [-0.3, -0.25) is 34.4 Å². The number of nitro groups is 1. The van der Waals surface area contributed by atoms with Gasteiger partial charge in [0.2, 0.25) is 6.79 Å². The molecule has 1 amide bonds. The lowest BCUT2D eigenvalue weighted by Gasteiger charge is -2.44. The van der Waals surface area contributed by atoms with Crippen LogP contribution >= 0.6 is 0 Å². The Bertz CT molecular complexity index is 1430. The van der Waals surface area contributed by atoms with Gasteiger partial charge in [-0.25, -0.2) is 9.80 Å². The molecule has 4 rings (SSSR count). The second kappa shape index (κ2) is 16.6. The molecular weight excluding hydrogens is 620 g/mol. The van der Waals surface area contributed by atoms with Gasteiger partial charge in [0.25, 0.3) is 11.6 Å². The van der Waals surface area contributed by atoms with Gasteiger partial charge in [-0.05, 0) is 77.3 Å². The van der Waals surface area contributed by atoms with Crippen LogP contribution in [0.1, 0.15) is 70.9 Å². The third-order valence-corrected chi connectivity index (χ3v) is 8.59. The van der Waals surface area contributed by atoms with Crippen LogP contribution in [0.5, 0.6) is 0 Å². The van der Waals surface area contributed by atoms with Crippen LogP contribution in [0, 0.1) is 15.5 Å². The highest BCUT2D eigenvalue weighted by Crippen LogP contribution is 2.30. The molecule has 13 nitrogen and oxygen atoms in total. The van der Waals surface area contributed by atoms with E-state index in [-0.39, 0.29) is 24.7 Å². The van der Waals surface area contributed by atoms with Gasteiger partial charge >= 0.3 is 17.9 Å². The standard InChI is InChI=1S/C35H46N4O9/c1-5-46-32(41)29(20-17-25-15-18-27(19-16-25)39(44)45)37(23-26-11-7-6-8-12-26)28-13-9-21-36-22-10-14-30(38(36)31(28)40)33(42)47-24-48-34(43)35(2,3)4/h6-8,11-12,15-16,18-19,28-30H,5,9-10,13-14,17,20-24H2,1-4H3/t28-,29-,30-/m0/s1. The molecule has 0 spiro atoms. The maximum Gasteiger partial charge on any atom is 0.333 e. The first-order chi connectivity index (χ1) is 22.9. The number of non-ortho nitro benzene ring substituents is 1. The second-order valence-corrected chi connectivity index (χ2v) is 13.1. The summed E-state index contributed by atoms with van der Waals surface area (Å²) in [7, 11) is 0. The van der Waals surface area contributed by atoms with E-state index < -0.39 is 53.2 Å². The Kier molecular flexibility index (Phi) is 12.7. The first-order valence-electron chi connectivity index (χ1n) is 16.5. The van der Waals surface area contributed by atoms with Gasteiger partial charge < -0.3 is 14.2 Å². The highest BCUT2D eigenvalue weighted by molar-refractivity contribution is 5.88. The van der Waals surface area contributed by atoms with Crippen LogP contribution in [-0.4, -0.2) is 88.3 Å². The predicted octanol–water partition coefficient (Wildman–Crippen LogP) is 4.42. The van der Waals surface area contributed by atoms with E-state index in [2.05, 4.69) is 0 Å². The minimum Gasteiger partial charge on any atom is -0.465 e. The van der Waals surface area contributed by atoms with Gasteiger partial charge in [-0.15, -0.1) is 0 Å². The number of hydrazine groups is 1. The number of amides is 1. The van der Waals surface area contributed by atoms with Crippen LogP contribution in [0.2, 0.25) is 0 Å². The van der Waals surface area contributed by atoms with Gasteiger partial charge in [0.1, 0.15) is 12.1 Å². The molecule has 0 aliphatic carbocycles. The third kappa shape index (κ3) is 9.38. The summed E-state index contributed by atoms with van der Waals surface area (Å²) in [5.74, 6) is -1.96. The van der Waals surface area contributed by atoms with E-state index >= 15 is 0 Å². The lowest BCUT2D eigenvalue weighted by Crippen LogP contribution is -2.62. The highest BCUT2D eigenvalue weighted by Gasteiger charge is 2.46. The molecule has 2 saturated heterocycles. The molecule has 0 aromatic heterocycles. The number of benzene rings is 2. The van der Waals surface area contributed by atoms with E-state index in [4.69, 9.17) is 14.2 Å². The van der Waals surface area contributed by atoms with Gasteiger partial charge in [0, 0.05) is 31.8 Å². The number of nitro benzene ring substituents is 1. The minimum absolute atomic E-state index is 0.0259. The first-order valence-corrected chi connectivity index (χ1v) is 16.5. The summed E-state index contributed by atoms with van der Waals surface area (Å²) < 4.78 is 16.1. The predicted molar refractivity (Wildman–Crippen MR) is 175 cm³/mol. The van der Waals surface area contributed by atoms with E-state index in [9.17, 15) is 29.3 Å². The Morgan fingerprint density at radius 3 is 2.25 bits per heavy atom. The largest absolute Gasteiger partial charge is 0.465 e. The van der Waals surface area contributed by atoms with Crippen LogP contribution in [-0.2, 0) is 46.4 Å². The number of rotatable bonds is 13. The summed E-state index contributed by atoms with van der Waals surface area (Å²) in [6, 6.07) is 13.2. The molecule has 2 fully saturated rings. The normalized spacial score (nSPS) is 19.2. The monoisotopic (exact) mass is 666 g/mol. The average Bonchev–Trinajstić information content (AvgIpc) is 3.23. The lowest BCUT2D eigenvalue weighted by atomic mass is 9.98. The maximum absolute atomic E-state index is 14.6. The highest BCUT2D eigenvalue weighted by atomic mass is 16.7. The van der Waals surface area contributed by atoms with E-state index in [0.29, 0.717) is 51.6 Å². The topological polar surface area (TPSA) is 149 Å². The molecule has 2 aromatic rings. The number of hydrogen-bond donors (Lipinski definition) is 0. The molecule has 3 atom stereocenters. The summed E-state index contributed by atoms with van der Waals surface area (Å²) in [5, 5.41) is 14.5. The van der Waals surface area contributed by atoms with Crippen molar-refractivity contribution in [2.45, 2.75) is 90.9 Å². The molecule has 2 aliphatic heterocycles. The summed E-state index contributed by atoms with van der Waals surface area (Å²) in [5.41, 5.74) is 0.908. The molecule has 0 bridgehead atoms. The maximum atomic E-state index is 14.6. The third-order valence-electron chi connectivity index (χ3n) is 8.59. The Morgan fingerprint density at radius 1 is 0.958 bits per heavy atom. The number of esters is 3. The van der Waals surface area contributed by atoms with Crippen molar-refractivity contribution in [2.75, 3.05) is 26.5 Å². The smallest absolute Gasteiger partial charge is 0.333 e. The molecule has 0 unspecified atom stereocenters. The van der Waals surface area contributed by atoms with Gasteiger partial charge in [-0.2, -0.15) is 0 Å². The summed E-state index contributed by atoms with van der Waals surface area (Å²) in [4.78, 5) is 66.5. The van der Waals surface area contributed by atoms with Crippen molar-refractivity contribution in [1.82, 2.24) is 14.9 Å². The van der Waals surface area contributed by atoms with Gasteiger partial charge in [-0.1, -0.05) is 42.5 Å². The van der Waals surface area contributed by atoms with Crippen molar-refractivity contribution in [3.8, 4) is 0 Å². The first kappa shape index (κ1) is 36.5. The van der Waals surface area contributed by atoms with Crippen molar-refractivity contribution in [3.05, 3.63) is 75.8 Å². The summed E-state index contributed by atoms with van der Waals surface area (Å²) in [6.07, 6.45) is 2.83. The molecule has 2 heterocycles. The molecule has 0 N–H and O–H groups in total. The number of fused-ring (bicyclic) bond motifs is 1. The van der Waals surface area contributed by atoms with Crippen LogP contribution in [0.3, 0.4) is 0 Å². The molecule has 260 valence electrons.